The molecule has 0 aromatic heterocycles. The van der Waals surface area contributed by atoms with Crippen LogP contribution in [0.15, 0.2) is 55.1 Å². The molecule has 0 aliphatic rings. The predicted molar refractivity (Wildman–Crippen MR) is 79.3 cm³/mol. The minimum absolute atomic E-state index is 0.355. The van der Waals surface area contributed by atoms with E-state index in [1.807, 2.05) is 31.2 Å². The van der Waals surface area contributed by atoms with E-state index >= 15 is 0 Å². The van der Waals surface area contributed by atoms with Crippen LogP contribution in [0.4, 0.5) is 4.39 Å². The fraction of sp³-hybridized carbons (Fsp3) is 0.111. The molecule has 1 nitrogen and oxygen atoms in total. The quantitative estimate of drug-likeness (QED) is 0.600. The van der Waals surface area contributed by atoms with E-state index in [4.69, 9.17) is 4.74 Å². The summed E-state index contributed by atoms with van der Waals surface area (Å²) in [6.45, 7) is 5.91. The van der Waals surface area contributed by atoms with E-state index in [2.05, 4.69) is 18.4 Å². The number of hydrogen-bond donors (Lipinski definition) is 0. The van der Waals surface area contributed by atoms with Gasteiger partial charge in [-0.05, 0) is 31.2 Å². The highest BCUT2D eigenvalue weighted by Crippen LogP contribution is 2.16. The molecule has 100 valence electrons. The minimum atomic E-state index is -0.383. The van der Waals surface area contributed by atoms with Crippen LogP contribution >= 0.6 is 0 Å². The van der Waals surface area contributed by atoms with Crippen LogP contribution in [0, 0.1) is 24.6 Å². The van der Waals surface area contributed by atoms with Gasteiger partial charge in [-0.1, -0.05) is 42.2 Å². The average Bonchev–Trinajstić information content (AvgIpc) is 2.46. The van der Waals surface area contributed by atoms with Crippen molar-refractivity contribution in [1.29, 1.82) is 0 Å². The highest BCUT2D eigenvalue weighted by Gasteiger charge is 2.01. The summed E-state index contributed by atoms with van der Waals surface area (Å²) in [5.41, 5.74) is 2.39. The summed E-state index contributed by atoms with van der Waals surface area (Å²) in [6.07, 6.45) is 1.61. The summed E-state index contributed by atoms with van der Waals surface area (Å²) in [7, 11) is 0. The first kappa shape index (κ1) is 13.9. The van der Waals surface area contributed by atoms with Crippen molar-refractivity contribution in [1.82, 2.24) is 0 Å². The van der Waals surface area contributed by atoms with Gasteiger partial charge in [0.05, 0.1) is 5.56 Å². The fourth-order valence-electron chi connectivity index (χ4n) is 1.62. The molecule has 0 amide bonds. The van der Waals surface area contributed by atoms with Crippen LogP contribution in [-0.2, 0) is 0 Å². The molecule has 2 rings (SSSR count). The lowest BCUT2D eigenvalue weighted by molar-refractivity contribution is 0.361. The van der Waals surface area contributed by atoms with Gasteiger partial charge < -0.3 is 4.74 Å². The molecule has 2 aromatic rings. The SMILES string of the molecule is C=CCOc1ccc(C#Cc2ccc(C)cc2)c(F)c1. The van der Waals surface area contributed by atoms with E-state index in [0.717, 1.165) is 5.56 Å². The zero-order valence-electron chi connectivity index (χ0n) is 11.3. The molecule has 0 spiro atoms. The van der Waals surface area contributed by atoms with E-state index in [1.165, 1.54) is 11.6 Å². The van der Waals surface area contributed by atoms with Crippen LogP contribution < -0.4 is 4.74 Å². The molecule has 0 aliphatic carbocycles. The second-order valence-corrected chi connectivity index (χ2v) is 4.36. The Labute approximate surface area is 118 Å². The van der Waals surface area contributed by atoms with Crippen molar-refractivity contribution in [3.05, 3.63) is 77.6 Å². The molecule has 2 heteroatoms. The summed E-state index contributed by atoms with van der Waals surface area (Å²) >= 11 is 0. The van der Waals surface area contributed by atoms with E-state index in [0.29, 0.717) is 17.9 Å². The molecule has 0 saturated heterocycles. The molecule has 0 saturated carbocycles. The lowest BCUT2D eigenvalue weighted by atomic mass is 10.1. The van der Waals surface area contributed by atoms with Gasteiger partial charge in [-0.15, -0.1) is 0 Å². The molecular formula is C18H15FO. The van der Waals surface area contributed by atoms with Gasteiger partial charge in [0.1, 0.15) is 18.2 Å². The Morgan fingerprint density at radius 1 is 1.15 bits per heavy atom. The van der Waals surface area contributed by atoms with Crippen LogP contribution in [0.25, 0.3) is 0 Å². The highest BCUT2D eigenvalue weighted by atomic mass is 19.1. The first-order valence-corrected chi connectivity index (χ1v) is 6.31. The third-order valence-corrected chi connectivity index (χ3v) is 2.70. The maximum Gasteiger partial charge on any atom is 0.142 e. The maximum atomic E-state index is 13.8. The van der Waals surface area contributed by atoms with Crippen molar-refractivity contribution in [2.75, 3.05) is 6.61 Å². The van der Waals surface area contributed by atoms with Gasteiger partial charge in [0.15, 0.2) is 0 Å². The molecule has 2 aromatic carbocycles. The van der Waals surface area contributed by atoms with Crippen molar-refractivity contribution in [2.24, 2.45) is 0 Å². The van der Waals surface area contributed by atoms with Gasteiger partial charge in [0.25, 0.3) is 0 Å². The van der Waals surface area contributed by atoms with Crippen molar-refractivity contribution in [3.8, 4) is 17.6 Å². The van der Waals surface area contributed by atoms with Crippen molar-refractivity contribution >= 4 is 0 Å². The molecule has 0 fully saturated rings. The molecule has 0 heterocycles. The number of benzene rings is 2. The van der Waals surface area contributed by atoms with Crippen LogP contribution in [-0.4, -0.2) is 6.61 Å². The van der Waals surface area contributed by atoms with Gasteiger partial charge >= 0.3 is 0 Å². The Kier molecular flexibility index (Phi) is 4.57. The molecule has 20 heavy (non-hydrogen) atoms. The fourth-order valence-corrected chi connectivity index (χ4v) is 1.62. The first-order chi connectivity index (χ1) is 9.69. The molecule has 0 atom stereocenters. The monoisotopic (exact) mass is 266 g/mol. The average molecular weight is 266 g/mol. The number of ether oxygens (including phenoxy) is 1. The Balaban J connectivity index is 2.18. The summed E-state index contributed by atoms with van der Waals surface area (Å²) in [5.74, 6) is 5.87. The molecular weight excluding hydrogens is 251 g/mol. The minimum Gasteiger partial charge on any atom is -0.489 e. The predicted octanol–water partition coefficient (Wildman–Crippen LogP) is 4.10. The summed E-state index contributed by atoms with van der Waals surface area (Å²) in [6, 6.07) is 12.5. The van der Waals surface area contributed by atoms with Crippen molar-refractivity contribution in [3.63, 3.8) is 0 Å². The van der Waals surface area contributed by atoms with Crippen LogP contribution in [0.2, 0.25) is 0 Å². The van der Waals surface area contributed by atoms with Crippen LogP contribution in [0.1, 0.15) is 16.7 Å². The Hall–Kier alpha value is -2.53. The Morgan fingerprint density at radius 2 is 1.90 bits per heavy atom. The summed E-state index contributed by atoms with van der Waals surface area (Å²) < 4.78 is 19.1. The number of halogens is 1. The lowest BCUT2D eigenvalue weighted by Crippen LogP contribution is -1.94. The largest absolute Gasteiger partial charge is 0.489 e. The first-order valence-electron chi connectivity index (χ1n) is 6.31. The summed E-state index contributed by atoms with van der Waals surface area (Å²) in [5, 5.41) is 0. The summed E-state index contributed by atoms with van der Waals surface area (Å²) in [4.78, 5) is 0. The highest BCUT2D eigenvalue weighted by molar-refractivity contribution is 5.45. The third-order valence-electron chi connectivity index (χ3n) is 2.70. The number of hydrogen-bond acceptors (Lipinski definition) is 1. The van der Waals surface area contributed by atoms with Crippen LogP contribution in [0.3, 0.4) is 0 Å². The normalized spacial score (nSPS) is 9.50. The maximum absolute atomic E-state index is 13.8. The Bertz CT molecular complexity index is 660. The third kappa shape index (κ3) is 3.73. The van der Waals surface area contributed by atoms with Crippen LogP contribution in [0.5, 0.6) is 5.75 Å². The number of aryl methyl sites for hydroxylation is 1. The van der Waals surface area contributed by atoms with Crippen molar-refractivity contribution < 1.29 is 9.13 Å². The van der Waals surface area contributed by atoms with E-state index < -0.39 is 0 Å². The molecule has 0 bridgehead atoms. The van der Waals surface area contributed by atoms with Gasteiger partial charge in [-0.2, -0.15) is 0 Å². The van der Waals surface area contributed by atoms with E-state index in [9.17, 15) is 4.39 Å². The second kappa shape index (κ2) is 6.58. The second-order valence-electron chi connectivity index (χ2n) is 4.36. The standard InChI is InChI=1S/C18H15FO/c1-3-12-20-17-11-10-16(18(19)13-17)9-8-15-6-4-14(2)5-7-15/h3-7,10-11,13H,1,12H2,2H3. The van der Waals surface area contributed by atoms with Gasteiger partial charge in [0.2, 0.25) is 0 Å². The topological polar surface area (TPSA) is 9.23 Å². The molecule has 0 N–H and O–H groups in total. The molecule has 0 aliphatic heterocycles. The molecule has 0 unspecified atom stereocenters. The molecule has 0 radical (unpaired) electrons. The number of rotatable bonds is 3. The van der Waals surface area contributed by atoms with Gasteiger partial charge in [0, 0.05) is 11.6 Å². The zero-order chi connectivity index (χ0) is 14.4. The van der Waals surface area contributed by atoms with E-state index in [-0.39, 0.29) is 5.82 Å². The van der Waals surface area contributed by atoms with Gasteiger partial charge in [-0.3, -0.25) is 0 Å². The van der Waals surface area contributed by atoms with Crippen molar-refractivity contribution in [2.45, 2.75) is 6.92 Å². The lowest BCUT2D eigenvalue weighted by Gasteiger charge is -2.03. The Morgan fingerprint density at radius 3 is 2.55 bits per heavy atom. The smallest absolute Gasteiger partial charge is 0.142 e. The van der Waals surface area contributed by atoms with Gasteiger partial charge in [-0.25, -0.2) is 4.39 Å². The van der Waals surface area contributed by atoms with E-state index in [1.54, 1.807) is 18.2 Å². The zero-order valence-corrected chi connectivity index (χ0v) is 11.3.